The lowest BCUT2D eigenvalue weighted by molar-refractivity contribution is 0.634. The molecule has 1 unspecified atom stereocenters. The Labute approximate surface area is 142 Å². The number of halogens is 2. The molecule has 0 radical (unpaired) electrons. The molecule has 3 rings (SSSR count). The zero-order valence-corrected chi connectivity index (χ0v) is 14.3. The van der Waals surface area contributed by atoms with Crippen molar-refractivity contribution in [3.63, 3.8) is 0 Å². The smallest absolute Gasteiger partial charge is 0.113 e. The van der Waals surface area contributed by atoms with Gasteiger partial charge in [0, 0.05) is 29.5 Å². The normalized spacial score (nSPS) is 18.6. The lowest BCUT2D eigenvalue weighted by atomic mass is 10.2. The minimum Gasteiger partial charge on any atom is -0.337 e. The molecule has 2 heterocycles. The van der Waals surface area contributed by atoms with Gasteiger partial charge in [-0.2, -0.15) is 16.0 Å². The van der Waals surface area contributed by atoms with Gasteiger partial charge in [0.05, 0.1) is 16.9 Å². The molecule has 0 spiro atoms. The highest BCUT2D eigenvalue weighted by Gasteiger charge is 2.19. The van der Waals surface area contributed by atoms with Gasteiger partial charge in [-0.25, -0.2) is 4.98 Å². The highest BCUT2D eigenvalue weighted by Crippen LogP contribution is 2.36. The topological polar surface area (TPSA) is 42.5 Å². The first kappa shape index (κ1) is 15.6. The number of imidazole rings is 1. The predicted octanol–water partition coefficient (Wildman–Crippen LogP) is 4.38. The van der Waals surface area contributed by atoms with Gasteiger partial charge in [-0.1, -0.05) is 23.2 Å². The maximum absolute atomic E-state index is 6.28. The average Bonchev–Trinajstić information content (AvgIpc) is 3.15. The molecule has 22 heavy (non-hydrogen) atoms. The van der Waals surface area contributed by atoms with E-state index in [9.17, 15) is 0 Å². The first-order chi connectivity index (χ1) is 10.7. The third-order valence-corrected chi connectivity index (χ3v) is 6.01. The van der Waals surface area contributed by atoms with Gasteiger partial charge < -0.3 is 4.57 Å². The summed E-state index contributed by atoms with van der Waals surface area (Å²) in [7, 11) is -0.474. The number of thiol groups is 1. The second kappa shape index (κ2) is 7.31. The standard InChI is InChI=1S/C15H16Cl2N4S/c16-12-3-4-13(14(17)9-12)15-20-19-11-22(15)8-2-1-6-21-7-5-18-10-21/h3-5,7,9-11,22H,1-2,6,8H2. The minimum atomic E-state index is -0.474. The van der Waals surface area contributed by atoms with E-state index in [1.54, 1.807) is 12.3 Å². The van der Waals surface area contributed by atoms with E-state index < -0.39 is 10.9 Å². The number of aromatic nitrogens is 2. The van der Waals surface area contributed by atoms with Gasteiger partial charge in [-0.15, -0.1) is 5.10 Å². The monoisotopic (exact) mass is 354 g/mol. The highest BCUT2D eigenvalue weighted by molar-refractivity contribution is 8.40. The fourth-order valence-electron chi connectivity index (χ4n) is 2.29. The highest BCUT2D eigenvalue weighted by atomic mass is 35.5. The Balaban J connectivity index is 1.57. The molecule has 1 atom stereocenters. The number of hydrogen-bond donors (Lipinski definition) is 1. The zero-order chi connectivity index (χ0) is 15.4. The second-order valence-electron chi connectivity index (χ2n) is 4.98. The molecule has 116 valence electrons. The quantitative estimate of drug-likeness (QED) is 0.607. The number of nitrogens with zero attached hydrogens (tertiary/aromatic N) is 4. The van der Waals surface area contributed by atoms with E-state index in [0.29, 0.717) is 10.0 Å². The average molecular weight is 355 g/mol. The molecule has 0 amide bonds. The molecule has 0 saturated heterocycles. The van der Waals surface area contributed by atoms with Crippen molar-refractivity contribution in [2.45, 2.75) is 19.4 Å². The number of benzene rings is 1. The predicted molar refractivity (Wildman–Crippen MR) is 96.8 cm³/mol. The summed E-state index contributed by atoms with van der Waals surface area (Å²) in [6.45, 7) is 0.995. The van der Waals surface area contributed by atoms with Crippen LogP contribution in [0.15, 0.2) is 47.1 Å². The van der Waals surface area contributed by atoms with Crippen LogP contribution >= 0.6 is 34.1 Å². The lowest BCUT2D eigenvalue weighted by Gasteiger charge is -2.15. The summed E-state index contributed by atoms with van der Waals surface area (Å²) in [5.41, 5.74) is 2.91. The summed E-state index contributed by atoms with van der Waals surface area (Å²) in [6.07, 6.45) is 7.89. The van der Waals surface area contributed by atoms with Crippen molar-refractivity contribution < 1.29 is 0 Å². The van der Waals surface area contributed by atoms with Crippen molar-refractivity contribution in [1.29, 1.82) is 0 Å². The van der Waals surface area contributed by atoms with E-state index in [1.165, 1.54) is 0 Å². The van der Waals surface area contributed by atoms with Crippen molar-refractivity contribution in [3.8, 4) is 0 Å². The van der Waals surface area contributed by atoms with E-state index >= 15 is 0 Å². The van der Waals surface area contributed by atoms with Crippen LogP contribution in [0.4, 0.5) is 0 Å². The van der Waals surface area contributed by atoms with Crippen LogP contribution in [0.25, 0.3) is 0 Å². The molecule has 0 saturated carbocycles. The van der Waals surface area contributed by atoms with Crippen LogP contribution in [0.5, 0.6) is 0 Å². The molecular weight excluding hydrogens is 339 g/mol. The first-order valence-corrected chi connectivity index (χ1v) is 9.38. The van der Waals surface area contributed by atoms with Crippen LogP contribution in [0, 0.1) is 0 Å². The SMILES string of the molecule is Clc1ccc(C2=NN=C[SH]2CCCCn2ccnc2)c(Cl)c1. The number of unbranched alkanes of at least 4 members (excludes halogenated alkanes) is 1. The molecule has 7 heteroatoms. The summed E-state index contributed by atoms with van der Waals surface area (Å²) >= 11 is 12.2. The summed E-state index contributed by atoms with van der Waals surface area (Å²) in [6, 6.07) is 5.53. The van der Waals surface area contributed by atoms with Gasteiger partial charge in [0.1, 0.15) is 5.04 Å². The van der Waals surface area contributed by atoms with Gasteiger partial charge in [0.15, 0.2) is 0 Å². The van der Waals surface area contributed by atoms with Gasteiger partial charge in [-0.3, -0.25) is 0 Å². The second-order valence-corrected chi connectivity index (χ2v) is 7.86. The van der Waals surface area contributed by atoms with E-state index in [2.05, 4.69) is 19.8 Å². The zero-order valence-electron chi connectivity index (χ0n) is 11.9. The van der Waals surface area contributed by atoms with Crippen molar-refractivity contribution in [1.82, 2.24) is 9.55 Å². The molecule has 0 N–H and O–H groups in total. The number of rotatable bonds is 6. The van der Waals surface area contributed by atoms with Crippen LogP contribution in [0.2, 0.25) is 10.0 Å². The summed E-state index contributed by atoms with van der Waals surface area (Å²) < 4.78 is 2.10. The van der Waals surface area contributed by atoms with E-state index in [1.807, 2.05) is 30.2 Å². The lowest BCUT2D eigenvalue weighted by Crippen LogP contribution is -2.05. The Hall–Kier alpha value is -1.30. The number of hydrogen-bond acceptors (Lipinski definition) is 3. The van der Waals surface area contributed by atoms with E-state index in [0.717, 1.165) is 35.7 Å². The van der Waals surface area contributed by atoms with Crippen molar-refractivity contribution in [2.75, 3.05) is 5.75 Å². The minimum absolute atomic E-state index is 0.474. The Bertz CT molecular complexity index is 698. The molecule has 1 aromatic heterocycles. The Morgan fingerprint density at radius 3 is 2.86 bits per heavy atom. The molecule has 1 aliphatic rings. The van der Waals surface area contributed by atoms with Crippen molar-refractivity contribution in [2.24, 2.45) is 10.2 Å². The van der Waals surface area contributed by atoms with Gasteiger partial charge in [-0.05, 0) is 36.8 Å². The van der Waals surface area contributed by atoms with Crippen LogP contribution in [0.1, 0.15) is 18.4 Å². The summed E-state index contributed by atoms with van der Waals surface area (Å²) in [5.74, 6) is 1.07. The van der Waals surface area contributed by atoms with E-state index in [4.69, 9.17) is 23.2 Å². The van der Waals surface area contributed by atoms with Crippen LogP contribution in [-0.2, 0) is 6.54 Å². The van der Waals surface area contributed by atoms with Crippen molar-refractivity contribution in [3.05, 3.63) is 52.5 Å². The van der Waals surface area contributed by atoms with Crippen LogP contribution < -0.4 is 0 Å². The molecule has 1 aromatic carbocycles. The maximum Gasteiger partial charge on any atom is 0.113 e. The fraction of sp³-hybridized carbons (Fsp3) is 0.267. The van der Waals surface area contributed by atoms with Gasteiger partial charge in [0.2, 0.25) is 0 Å². The third kappa shape index (κ3) is 3.72. The van der Waals surface area contributed by atoms with Gasteiger partial charge in [0.25, 0.3) is 0 Å². The van der Waals surface area contributed by atoms with Crippen molar-refractivity contribution >= 4 is 44.7 Å². The molecule has 0 fully saturated rings. The molecule has 0 aliphatic carbocycles. The molecule has 4 nitrogen and oxygen atoms in total. The fourth-order valence-corrected chi connectivity index (χ4v) is 4.71. The van der Waals surface area contributed by atoms with Crippen LogP contribution in [-0.4, -0.2) is 25.9 Å². The number of aryl methyl sites for hydroxylation is 1. The van der Waals surface area contributed by atoms with E-state index in [-0.39, 0.29) is 0 Å². The Morgan fingerprint density at radius 1 is 1.18 bits per heavy atom. The molecule has 1 aliphatic heterocycles. The maximum atomic E-state index is 6.28. The third-order valence-electron chi connectivity index (χ3n) is 3.41. The summed E-state index contributed by atoms with van der Waals surface area (Å²) in [4.78, 5) is 4.05. The van der Waals surface area contributed by atoms with Crippen LogP contribution in [0.3, 0.4) is 0 Å². The Morgan fingerprint density at radius 2 is 2.09 bits per heavy atom. The van der Waals surface area contributed by atoms with Gasteiger partial charge >= 0.3 is 0 Å². The largest absolute Gasteiger partial charge is 0.337 e. The molecular formula is C15H16Cl2N4S. The molecule has 0 bridgehead atoms. The molecule has 2 aromatic rings. The Kier molecular flexibility index (Phi) is 5.18. The summed E-state index contributed by atoms with van der Waals surface area (Å²) in [5, 5.41) is 10.7. The first-order valence-electron chi connectivity index (χ1n) is 7.03.